The van der Waals surface area contributed by atoms with Gasteiger partial charge in [-0.2, -0.15) is 0 Å². The van der Waals surface area contributed by atoms with Crippen LogP contribution in [0.5, 0.6) is 0 Å². The molecule has 0 aliphatic heterocycles. The summed E-state index contributed by atoms with van der Waals surface area (Å²) in [6.45, 7) is 0.752. The maximum Gasteiger partial charge on any atom is 0.342 e. The van der Waals surface area contributed by atoms with E-state index < -0.39 is 11.2 Å². The molecule has 0 unspecified atom stereocenters. The molecule has 6 nitrogen and oxygen atoms in total. The predicted molar refractivity (Wildman–Crippen MR) is 60.5 cm³/mol. The van der Waals surface area contributed by atoms with Crippen molar-refractivity contribution in [3.8, 4) is 0 Å². The highest BCUT2D eigenvalue weighted by Crippen LogP contribution is 2.23. The average Bonchev–Trinajstić information content (AvgIpc) is 2.29. The summed E-state index contributed by atoms with van der Waals surface area (Å²) in [7, 11) is 0. The number of anilines is 1. The Morgan fingerprint density at radius 3 is 2.69 bits per heavy atom. The van der Waals surface area contributed by atoms with E-state index in [1.165, 1.54) is 32.1 Å². The van der Waals surface area contributed by atoms with Crippen molar-refractivity contribution in [1.82, 2.24) is 15.2 Å². The first kappa shape index (κ1) is 10.9. The minimum Gasteiger partial charge on any atom is -0.364 e. The van der Waals surface area contributed by atoms with Gasteiger partial charge in [-0.1, -0.05) is 19.3 Å². The van der Waals surface area contributed by atoms with E-state index in [1.807, 2.05) is 0 Å². The maximum absolute atomic E-state index is 11.3. The van der Waals surface area contributed by atoms with Gasteiger partial charge in [-0.15, -0.1) is 5.10 Å². The van der Waals surface area contributed by atoms with Crippen LogP contribution in [0.3, 0.4) is 0 Å². The summed E-state index contributed by atoms with van der Waals surface area (Å²) in [4.78, 5) is 24.2. The molecule has 1 aromatic rings. The Hall–Kier alpha value is -1.59. The lowest BCUT2D eigenvalue weighted by atomic mass is 9.89. The van der Waals surface area contributed by atoms with Crippen molar-refractivity contribution in [2.45, 2.75) is 32.1 Å². The van der Waals surface area contributed by atoms with Crippen molar-refractivity contribution in [2.75, 3.05) is 11.9 Å². The van der Waals surface area contributed by atoms with Gasteiger partial charge in [-0.05, 0) is 18.8 Å². The zero-order valence-corrected chi connectivity index (χ0v) is 9.08. The molecule has 0 aromatic carbocycles. The molecule has 1 heterocycles. The summed E-state index contributed by atoms with van der Waals surface area (Å²) in [5.74, 6) is 0.812. The van der Waals surface area contributed by atoms with Crippen molar-refractivity contribution in [2.24, 2.45) is 5.92 Å². The van der Waals surface area contributed by atoms with Crippen molar-refractivity contribution < 1.29 is 0 Å². The third-order valence-corrected chi connectivity index (χ3v) is 2.99. The molecule has 1 aliphatic carbocycles. The number of rotatable bonds is 3. The van der Waals surface area contributed by atoms with E-state index in [1.54, 1.807) is 0 Å². The van der Waals surface area contributed by atoms with Crippen LogP contribution in [0.4, 0.5) is 5.82 Å². The van der Waals surface area contributed by atoms with Crippen molar-refractivity contribution >= 4 is 5.82 Å². The molecule has 0 spiro atoms. The van der Waals surface area contributed by atoms with E-state index in [4.69, 9.17) is 0 Å². The molecule has 0 saturated heterocycles. The van der Waals surface area contributed by atoms with E-state index in [0.29, 0.717) is 5.92 Å². The third-order valence-electron chi connectivity index (χ3n) is 2.99. The van der Waals surface area contributed by atoms with Crippen LogP contribution >= 0.6 is 0 Å². The van der Waals surface area contributed by atoms with Crippen LogP contribution in [0, 0.1) is 5.92 Å². The second-order valence-corrected chi connectivity index (χ2v) is 4.24. The number of aromatic amines is 2. The summed E-state index contributed by atoms with van der Waals surface area (Å²) >= 11 is 0. The van der Waals surface area contributed by atoms with Crippen LogP contribution in [-0.2, 0) is 0 Å². The fourth-order valence-electron chi connectivity index (χ4n) is 2.10. The van der Waals surface area contributed by atoms with E-state index in [-0.39, 0.29) is 5.82 Å². The lowest BCUT2D eigenvalue weighted by molar-refractivity contribution is 0.373. The van der Waals surface area contributed by atoms with Crippen LogP contribution in [0.25, 0.3) is 0 Å². The minimum atomic E-state index is -0.576. The Balaban J connectivity index is 1.93. The Morgan fingerprint density at radius 2 is 2.00 bits per heavy atom. The van der Waals surface area contributed by atoms with Crippen molar-refractivity contribution in [3.05, 3.63) is 20.8 Å². The Morgan fingerprint density at radius 1 is 1.25 bits per heavy atom. The topological polar surface area (TPSA) is 90.6 Å². The lowest BCUT2D eigenvalue weighted by Gasteiger charge is -2.21. The number of nitrogens with zero attached hydrogens (tertiary/aromatic N) is 1. The quantitative estimate of drug-likeness (QED) is 0.695. The third kappa shape index (κ3) is 2.71. The molecule has 1 aromatic heterocycles. The summed E-state index contributed by atoms with van der Waals surface area (Å²) < 4.78 is 0. The van der Waals surface area contributed by atoms with Gasteiger partial charge >= 0.3 is 5.69 Å². The molecule has 0 amide bonds. The number of nitrogens with one attached hydrogen (secondary N) is 3. The fraction of sp³-hybridized carbons (Fsp3) is 0.700. The number of H-pyrrole nitrogens is 2. The first-order valence-corrected chi connectivity index (χ1v) is 5.68. The van der Waals surface area contributed by atoms with Crippen LogP contribution in [0.15, 0.2) is 9.59 Å². The van der Waals surface area contributed by atoms with Gasteiger partial charge in [0.25, 0.3) is 5.56 Å². The number of hydrogen-bond acceptors (Lipinski definition) is 4. The SMILES string of the molecule is O=c1[nH]nc(NCC2CCCCC2)c(=O)[nH]1. The van der Waals surface area contributed by atoms with Crippen LogP contribution in [0.1, 0.15) is 32.1 Å². The van der Waals surface area contributed by atoms with E-state index in [2.05, 4.69) is 20.5 Å². The molecule has 16 heavy (non-hydrogen) atoms. The molecule has 88 valence electrons. The molecular weight excluding hydrogens is 208 g/mol. The molecule has 0 atom stereocenters. The van der Waals surface area contributed by atoms with Crippen molar-refractivity contribution in [1.29, 1.82) is 0 Å². The Bertz CT molecular complexity index is 445. The first-order valence-electron chi connectivity index (χ1n) is 5.68. The van der Waals surface area contributed by atoms with Crippen LogP contribution < -0.4 is 16.6 Å². The molecular formula is C10H16N4O2. The fourth-order valence-corrected chi connectivity index (χ4v) is 2.10. The largest absolute Gasteiger partial charge is 0.364 e. The van der Waals surface area contributed by atoms with Gasteiger partial charge in [0.2, 0.25) is 5.82 Å². The van der Waals surface area contributed by atoms with Crippen LogP contribution in [0.2, 0.25) is 0 Å². The monoisotopic (exact) mass is 224 g/mol. The normalized spacial score (nSPS) is 17.2. The van der Waals surface area contributed by atoms with Crippen LogP contribution in [-0.4, -0.2) is 21.7 Å². The second-order valence-electron chi connectivity index (χ2n) is 4.24. The maximum atomic E-state index is 11.3. The van der Waals surface area contributed by atoms with E-state index in [9.17, 15) is 9.59 Å². The van der Waals surface area contributed by atoms with E-state index in [0.717, 1.165) is 6.54 Å². The van der Waals surface area contributed by atoms with Gasteiger partial charge in [-0.25, -0.2) is 9.89 Å². The van der Waals surface area contributed by atoms with Gasteiger partial charge < -0.3 is 5.32 Å². The van der Waals surface area contributed by atoms with Gasteiger partial charge in [0.1, 0.15) is 0 Å². The summed E-state index contributed by atoms with van der Waals surface area (Å²) in [5, 5.41) is 8.86. The second kappa shape index (κ2) is 4.96. The minimum absolute atomic E-state index is 0.199. The molecule has 2 rings (SSSR count). The summed E-state index contributed by atoms with van der Waals surface area (Å²) in [6, 6.07) is 0. The molecule has 1 fully saturated rings. The average molecular weight is 224 g/mol. The first-order chi connectivity index (χ1) is 7.75. The lowest BCUT2D eigenvalue weighted by Crippen LogP contribution is -2.28. The standard InChI is InChI=1S/C10H16N4O2/c15-9-8(13-14-10(16)12-9)11-6-7-4-2-1-3-5-7/h7H,1-6H2,(H,11,13)(H2,12,14,15,16). The summed E-state index contributed by atoms with van der Waals surface area (Å²) in [6.07, 6.45) is 6.25. The van der Waals surface area contributed by atoms with Gasteiger partial charge in [0.15, 0.2) is 0 Å². The summed E-state index contributed by atoms with van der Waals surface area (Å²) in [5.41, 5.74) is -1.03. The molecule has 3 N–H and O–H groups in total. The number of aromatic nitrogens is 3. The van der Waals surface area contributed by atoms with Gasteiger partial charge in [0, 0.05) is 6.54 Å². The molecule has 0 radical (unpaired) electrons. The molecule has 0 bridgehead atoms. The molecule has 6 heteroatoms. The Kier molecular flexibility index (Phi) is 3.38. The highest BCUT2D eigenvalue weighted by molar-refractivity contribution is 5.28. The smallest absolute Gasteiger partial charge is 0.342 e. The molecule has 1 aliphatic rings. The zero-order chi connectivity index (χ0) is 11.4. The zero-order valence-electron chi connectivity index (χ0n) is 9.08. The van der Waals surface area contributed by atoms with Crippen molar-refractivity contribution in [3.63, 3.8) is 0 Å². The van der Waals surface area contributed by atoms with Gasteiger partial charge in [0.05, 0.1) is 0 Å². The van der Waals surface area contributed by atoms with E-state index >= 15 is 0 Å². The Labute approximate surface area is 92.5 Å². The molecule has 1 saturated carbocycles. The van der Waals surface area contributed by atoms with Gasteiger partial charge in [-0.3, -0.25) is 9.78 Å². The predicted octanol–water partition coefficient (Wildman–Crippen LogP) is 0.450. The highest BCUT2D eigenvalue weighted by atomic mass is 16.2. The number of hydrogen-bond donors (Lipinski definition) is 3. The highest BCUT2D eigenvalue weighted by Gasteiger charge is 2.13.